The smallest absolute Gasteiger partial charge is 0.121 e. The molecule has 1 aliphatic rings. The van der Waals surface area contributed by atoms with Crippen LogP contribution < -0.4 is 9.64 Å². The van der Waals surface area contributed by atoms with Crippen molar-refractivity contribution in [3.8, 4) is 5.75 Å². The van der Waals surface area contributed by atoms with Gasteiger partial charge in [0.25, 0.3) is 0 Å². The topological polar surface area (TPSA) is 30.9 Å². The first-order valence-corrected chi connectivity index (χ1v) is 11.2. The summed E-state index contributed by atoms with van der Waals surface area (Å²) in [6.45, 7) is 0. The minimum Gasteiger partial charge on any atom is -0.499 e. The van der Waals surface area contributed by atoms with Crippen molar-refractivity contribution in [2.24, 2.45) is 0 Å². The van der Waals surface area contributed by atoms with Crippen molar-refractivity contribution in [3.05, 3.63) is 118 Å². The van der Waals surface area contributed by atoms with E-state index in [1.807, 2.05) is 90.1 Å². The molecule has 3 aromatic rings. The molecular formula is C27H25Cl2NO3. The van der Waals surface area contributed by atoms with Gasteiger partial charge in [-0.15, -0.1) is 0 Å². The van der Waals surface area contributed by atoms with Crippen molar-refractivity contribution in [1.29, 1.82) is 0 Å². The fourth-order valence-electron chi connectivity index (χ4n) is 4.12. The van der Waals surface area contributed by atoms with E-state index in [0.717, 1.165) is 34.1 Å². The molecular weight excluding hydrogens is 457 g/mol. The summed E-state index contributed by atoms with van der Waals surface area (Å²) < 4.78 is 17.3. The van der Waals surface area contributed by atoms with Crippen LogP contribution in [0, 0.1) is 0 Å². The van der Waals surface area contributed by atoms with Gasteiger partial charge >= 0.3 is 0 Å². The van der Waals surface area contributed by atoms with Crippen LogP contribution in [0.25, 0.3) is 0 Å². The van der Waals surface area contributed by atoms with Crippen LogP contribution in [0.15, 0.2) is 96.7 Å². The van der Waals surface area contributed by atoms with Gasteiger partial charge in [-0.3, -0.25) is 0 Å². The molecule has 4 rings (SSSR count). The Bertz CT molecular complexity index is 1070. The minimum absolute atomic E-state index is 0.150. The van der Waals surface area contributed by atoms with E-state index in [0.29, 0.717) is 10.0 Å². The van der Waals surface area contributed by atoms with Crippen LogP contribution in [0.2, 0.25) is 10.0 Å². The first-order chi connectivity index (χ1) is 16.0. The van der Waals surface area contributed by atoms with Gasteiger partial charge in [0.05, 0.1) is 33.2 Å². The lowest BCUT2D eigenvalue weighted by molar-refractivity contribution is 0.224. The molecule has 0 aromatic heterocycles. The van der Waals surface area contributed by atoms with Crippen LogP contribution in [-0.4, -0.2) is 21.3 Å². The van der Waals surface area contributed by atoms with E-state index in [-0.39, 0.29) is 11.8 Å². The van der Waals surface area contributed by atoms with Crippen molar-refractivity contribution in [2.45, 2.75) is 11.8 Å². The molecule has 0 spiro atoms. The second-order valence-corrected chi connectivity index (χ2v) is 8.51. The Labute approximate surface area is 204 Å². The van der Waals surface area contributed by atoms with Crippen LogP contribution in [0.5, 0.6) is 5.75 Å². The summed E-state index contributed by atoms with van der Waals surface area (Å²) in [5, 5.41) is 1.36. The number of hydrogen-bond acceptors (Lipinski definition) is 4. The predicted molar refractivity (Wildman–Crippen MR) is 134 cm³/mol. The summed E-state index contributed by atoms with van der Waals surface area (Å²) in [7, 11) is 5.04. The zero-order valence-electron chi connectivity index (χ0n) is 18.7. The first-order valence-electron chi connectivity index (χ1n) is 10.5. The number of benzene rings is 3. The highest BCUT2D eigenvalue weighted by Gasteiger charge is 2.36. The average molecular weight is 482 g/mol. The summed E-state index contributed by atoms with van der Waals surface area (Å²) in [6, 6.07) is 23.5. The van der Waals surface area contributed by atoms with Gasteiger partial charge in [-0.25, -0.2) is 0 Å². The summed E-state index contributed by atoms with van der Waals surface area (Å²) in [5.41, 5.74) is 3.07. The molecule has 3 aromatic carbocycles. The van der Waals surface area contributed by atoms with Gasteiger partial charge in [-0.2, -0.15) is 0 Å². The molecule has 0 saturated carbocycles. The van der Waals surface area contributed by atoms with Crippen molar-refractivity contribution in [1.82, 2.24) is 0 Å². The monoisotopic (exact) mass is 481 g/mol. The number of ether oxygens (including phenoxy) is 3. The molecule has 0 radical (unpaired) electrons. The van der Waals surface area contributed by atoms with E-state index < -0.39 is 0 Å². The first kappa shape index (κ1) is 23.1. The predicted octanol–water partition coefficient (Wildman–Crippen LogP) is 7.37. The Morgan fingerprint density at radius 1 is 0.576 bits per heavy atom. The zero-order chi connectivity index (χ0) is 23.4. The summed E-state index contributed by atoms with van der Waals surface area (Å²) in [5.74, 6) is 2.07. The third-order valence-electron chi connectivity index (χ3n) is 5.78. The highest BCUT2D eigenvalue weighted by molar-refractivity contribution is 6.30. The van der Waals surface area contributed by atoms with Gasteiger partial charge < -0.3 is 19.1 Å². The molecule has 4 nitrogen and oxygen atoms in total. The van der Waals surface area contributed by atoms with E-state index in [1.54, 1.807) is 21.3 Å². The zero-order valence-corrected chi connectivity index (χ0v) is 20.2. The highest BCUT2D eigenvalue weighted by Crippen LogP contribution is 2.46. The molecule has 1 heterocycles. The average Bonchev–Trinajstić information content (AvgIpc) is 3.02. The van der Waals surface area contributed by atoms with Crippen molar-refractivity contribution >= 4 is 28.9 Å². The Balaban J connectivity index is 1.91. The number of nitrogens with zero attached hydrogens (tertiary/aromatic N) is 1. The van der Waals surface area contributed by atoms with Crippen LogP contribution in [0.3, 0.4) is 0 Å². The largest absolute Gasteiger partial charge is 0.499 e. The molecule has 0 aliphatic carbocycles. The molecule has 0 amide bonds. The van der Waals surface area contributed by atoms with Gasteiger partial charge in [0.1, 0.15) is 17.3 Å². The van der Waals surface area contributed by atoms with Crippen LogP contribution in [-0.2, 0) is 9.47 Å². The third-order valence-corrected chi connectivity index (χ3v) is 6.28. The van der Waals surface area contributed by atoms with Gasteiger partial charge in [0, 0.05) is 28.1 Å². The number of methoxy groups -OCH3 is 3. The Hall–Kier alpha value is -3.08. The van der Waals surface area contributed by atoms with Gasteiger partial charge in [-0.05, 0) is 59.7 Å². The molecule has 6 heteroatoms. The summed E-state index contributed by atoms with van der Waals surface area (Å²) in [4.78, 5) is 2.01. The molecule has 33 heavy (non-hydrogen) atoms. The molecule has 0 bridgehead atoms. The second-order valence-electron chi connectivity index (χ2n) is 7.63. The quantitative estimate of drug-likeness (QED) is 0.367. The van der Waals surface area contributed by atoms with Gasteiger partial charge in [0.15, 0.2) is 0 Å². The SMILES string of the molecule is COC1=CN(c2ccc(OC)cc2)C=C(OC)[C@@H](c2ccc(Cl)cc2)[C@@H]1c1ccc(Cl)cc1. The van der Waals surface area contributed by atoms with E-state index in [1.165, 1.54) is 0 Å². The maximum absolute atomic E-state index is 6.19. The molecule has 0 fully saturated rings. The fourth-order valence-corrected chi connectivity index (χ4v) is 4.37. The highest BCUT2D eigenvalue weighted by atomic mass is 35.5. The van der Waals surface area contributed by atoms with Crippen LogP contribution in [0.4, 0.5) is 5.69 Å². The molecule has 0 saturated heterocycles. The van der Waals surface area contributed by atoms with E-state index in [2.05, 4.69) is 0 Å². The maximum atomic E-state index is 6.19. The third kappa shape index (κ3) is 4.97. The summed E-state index contributed by atoms with van der Waals surface area (Å²) in [6.07, 6.45) is 3.99. The molecule has 2 atom stereocenters. The Kier molecular flexibility index (Phi) is 7.17. The van der Waals surface area contributed by atoms with E-state index >= 15 is 0 Å². The second kappa shape index (κ2) is 10.2. The van der Waals surface area contributed by atoms with Crippen LogP contribution >= 0.6 is 23.2 Å². The number of hydrogen-bond donors (Lipinski definition) is 0. The molecule has 0 unspecified atom stereocenters. The minimum atomic E-state index is -0.150. The van der Waals surface area contributed by atoms with Crippen molar-refractivity contribution < 1.29 is 14.2 Å². The van der Waals surface area contributed by atoms with Crippen molar-refractivity contribution in [3.63, 3.8) is 0 Å². The van der Waals surface area contributed by atoms with Crippen molar-refractivity contribution in [2.75, 3.05) is 26.2 Å². The lowest BCUT2D eigenvalue weighted by Crippen LogP contribution is -2.17. The molecule has 170 valence electrons. The standard InChI is InChI=1S/C27H25Cl2NO3/c1-31-23-14-12-22(13-15-23)30-16-24(32-2)26(18-4-8-20(28)9-5-18)27(25(17-30)33-3)19-6-10-21(29)11-7-19/h4-17,26-27H,1-3H3/t26-,27-/m1/s1. The fraction of sp³-hybridized carbons (Fsp3) is 0.185. The summed E-state index contributed by atoms with van der Waals surface area (Å²) >= 11 is 12.4. The Morgan fingerprint density at radius 2 is 1.00 bits per heavy atom. The van der Waals surface area contributed by atoms with Gasteiger partial charge in [0.2, 0.25) is 0 Å². The normalized spacial score (nSPS) is 18.2. The number of rotatable bonds is 6. The van der Waals surface area contributed by atoms with E-state index in [4.69, 9.17) is 37.4 Å². The van der Waals surface area contributed by atoms with Gasteiger partial charge in [-0.1, -0.05) is 47.5 Å². The number of allylic oxidation sites excluding steroid dienone is 2. The molecule has 0 N–H and O–H groups in total. The number of halogens is 2. The van der Waals surface area contributed by atoms with E-state index in [9.17, 15) is 0 Å². The molecule has 1 aliphatic heterocycles. The van der Waals surface area contributed by atoms with Crippen LogP contribution in [0.1, 0.15) is 23.0 Å². The lowest BCUT2D eigenvalue weighted by atomic mass is 9.79. The Morgan fingerprint density at radius 3 is 1.36 bits per heavy atom. The number of anilines is 1. The maximum Gasteiger partial charge on any atom is 0.121 e. The lowest BCUT2D eigenvalue weighted by Gasteiger charge is -2.29.